The molecule has 30 heavy (non-hydrogen) atoms. The number of carbonyl (C=O) groups excluding carboxylic acids is 1. The van der Waals surface area contributed by atoms with Crippen LogP contribution in [-0.2, 0) is 4.79 Å². The molecule has 8 heteroatoms. The summed E-state index contributed by atoms with van der Waals surface area (Å²) >= 11 is 0. The van der Waals surface area contributed by atoms with Crippen LogP contribution < -0.4 is 10.1 Å². The fraction of sp³-hybridized carbons (Fsp3) is 0.500. The summed E-state index contributed by atoms with van der Waals surface area (Å²) in [5.41, 5.74) is 2.68. The maximum absolute atomic E-state index is 12.4. The van der Waals surface area contributed by atoms with E-state index >= 15 is 0 Å². The van der Waals surface area contributed by atoms with Gasteiger partial charge in [0.2, 0.25) is 5.91 Å². The predicted octanol–water partition coefficient (Wildman–Crippen LogP) is 2.35. The second-order valence-electron chi connectivity index (χ2n) is 8.59. The third kappa shape index (κ3) is 3.51. The molecule has 0 radical (unpaired) electrons. The maximum Gasteiger partial charge on any atom is 0.242 e. The number of aliphatic imine (C=N–C) groups is 1. The van der Waals surface area contributed by atoms with Gasteiger partial charge in [-0.2, -0.15) is 5.10 Å². The van der Waals surface area contributed by atoms with Crippen LogP contribution in [0.1, 0.15) is 39.3 Å². The lowest BCUT2D eigenvalue weighted by atomic mass is 10.1. The summed E-state index contributed by atoms with van der Waals surface area (Å²) in [4.78, 5) is 21.0. The van der Waals surface area contributed by atoms with Gasteiger partial charge in [-0.15, -0.1) is 0 Å². The minimum atomic E-state index is -0.101. The molecule has 3 heterocycles. The van der Waals surface area contributed by atoms with Crippen molar-refractivity contribution in [3.05, 3.63) is 30.0 Å². The SMILES string of the molecule is CCN1CCN(C2=NC(C)NC(c3n[nH]c4ccc(OC5(C)CC5)cc34)=C2)CC1=O. The van der Waals surface area contributed by atoms with Crippen molar-refractivity contribution in [2.45, 2.75) is 45.4 Å². The van der Waals surface area contributed by atoms with Crippen molar-refractivity contribution < 1.29 is 9.53 Å². The number of nitrogens with one attached hydrogen (secondary N) is 2. The summed E-state index contributed by atoms with van der Waals surface area (Å²) in [6.07, 6.45) is 4.09. The lowest BCUT2D eigenvalue weighted by molar-refractivity contribution is -0.134. The molecule has 2 aromatic rings. The fourth-order valence-corrected chi connectivity index (χ4v) is 4.04. The van der Waals surface area contributed by atoms with Crippen molar-refractivity contribution in [2.75, 3.05) is 26.2 Å². The number of amidine groups is 1. The van der Waals surface area contributed by atoms with E-state index in [4.69, 9.17) is 9.73 Å². The predicted molar refractivity (Wildman–Crippen MR) is 116 cm³/mol. The van der Waals surface area contributed by atoms with Crippen molar-refractivity contribution in [3.8, 4) is 5.75 Å². The number of piperazine rings is 1. The molecule has 2 N–H and O–H groups in total. The third-order valence-corrected chi connectivity index (χ3v) is 6.10. The number of aromatic nitrogens is 2. The largest absolute Gasteiger partial charge is 0.488 e. The summed E-state index contributed by atoms with van der Waals surface area (Å²) in [5.74, 6) is 1.84. The number of hydrogen-bond acceptors (Lipinski definition) is 6. The second-order valence-corrected chi connectivity index (χ2v) is 8.59. The molecule has 2 aliphatic heterocycles. The minimum absolute atomic E-state index is 0.0263. The van der Waals surface area contributed by atoms with E-state index in [2.05, 4.69) is 33.4 Å². The quantitative estimate of drug-likeness (QED) is 0.811. The Labute approximate surface area is 176 Å². The normalized spacial score (nSPS) is 23.2. The molecule has 0 spiro atoms. The summed E-state index contributed by atoms with van der Waals surface area (Å²) in [6, 6.07) is 6.06. The van der Waals surface area contributed by atoms with Gasteiger partial charge in [0, 0.05) is 31.1 Å². The molecular weight excluding hydrogens is 380 g/mol. The lowest BCUT2D eigenvalue weighted by Crippen LogP contribution is -2.52. The number of nitrogens with zero attached hydrogens (tertiary/aromatic N) is 4. The van der Waals surface area contributed by atoms with E-state index < -0.39 is 0 Å². The van der Waals surface area contributed by atoms with E-state index in [1.165, 1.54) is 0 Å². The van der Waals surface area contributed by atoms with E-state index in [0.717, 1.165) is 66.4 Å². The van der Waals surface area contributed by atoms with Crippen LogP contribution in [0.2, 0.25) is 0 Å². The molecule has 5 rings (SSSR count). The van der Waals surface area contributed by atoms with Gasteiger partial charge >= 0.3 is 0 Å². The highest BCUT2D eigenvalue weighted by Crippen LogP contribution is 2.40. The molecule has 1 aliphatic carbocycles. The van der Waals surface area contributed by atoms with Gasteiger partial charge in [0.1, 0.15) is 29.0 Å². The Balaban J connectivity index is 1.44. The molecule has 1 aromatic carbocycles. The van der Waals surface area contributed by atoms with E-state index in [0.29, 0.717) is 6.54 Å². The van der Waals surface area contributed by atoms with Crippen molar-refractivity contribution in [3.63, 3.8) is 0 Å². The van der Waals surface area contributed by atoms with Gasteiger partial charge in [0.25, 0.3) is 0 Å². The number of ether oxygens (including phenoxy) is 1. The number of carbonyl (C=O) groups is 1. The number of hydrogen-bond donors (Lipinski definition) is 2. The number of benzene rings is 1. The Morgan fingerprint density at radius 3 is 2.87 bits per heavy atom. The van der Waals surface area contributed by atoms with E-state index in [1.807, 2.05) is 37.0 Å². The zero-order valence-electron chi connectivity index (χ0n) is 17.7. The number of rotatable bonds is 4. The number of amides is 1. The first kappa shape index (κ1) is 19.0. The molecule has 0 bridgehead atoms. The Morgan fingerprint density at radius 2 is 2.13 bits per heavy atom. The topological polar surface area (TPSA) is 85.8 Å². The van der Waals surface area contributed by atoms with Crippen LogP contribution in [-0.4, -0.2) is 69.7 Å². The van der Waals surface area contributed by atoms with Gasteiger partial charge in [0.15, 0.2) is 0 Å². The maximum atomic E-state index is 12.4. The zero-order valence-corrected chi connectivity index (χ0v) is 17.7. The first-order valence-electron chi connectivity index (χ1n) is 10.7. The van der Waals surface area contributed by atoms with Crippen molar-refractivity contribution >= 4 is 28.3 Å². The molecule has 158 valence electrons. The van der Waals surface area contributed by atoms with E-state index in [-0.39, 0.29) is 17.7 Å². The average Bonchev–Trinajstić information content (AvgIpc) is 3.30. The molecule has 1 amide bonds. The molecular formula is C22H28N6O2. The molecule has 1 atom stereocenters. The summed E-state index contributed by atoms with van der Waals surface area (Å²) in [7, 11) is 0. The van der Waals surface area contributed by atoms with Crippen LogP contribution in [0, 0.1) is 0 Å². The zero-order chi connectivity index (χ0) is 20.9. The highest BCUT2D eigenvalue weighted by Gasteiger charge is 2.40. The van der Waals surface area contributed by atoms with Crippen LogP contribution >= 0.6 is 0 Å². The van der Waals surface area contributed by atoms with Gasteiger partial charge in [0.05, 0.1) is 17.8 Å². The monoisotopic (exact) mass is 408 g/mol. The van der Waals surface area contributed by atoms with Gasteiger partial charge in [-0.25, -0.2) is 4.99 Å². The fourth-order valence-electron chi connectivity index (χ4n) is 4.04. The van der Waals surface area contributed by atoms with Gasteiger partial charge < -0.3 is 19.9 Å². The minimum Gasteiger partial charge on any atom is -0.488 e. The molecule has 1 saturated heterocycles. The molecule has 3 aliphatic rings. The lowest BCUT2D eigenvalue weighted by Gasteiger charge is -2.36. The highest BCUT2D eigenvalue weighted by molar-refractivity contribution is 6.04. The van der Waals surface area contributed by atoms with Crippen LogP contribution in [0.25, 0.3) is 16.6 Å². The molecule has 1 saturated carbocycles. The second kappa shape index (κ2) is 7.04. The Hall–Kier alpha value is -3.03. The highest BCUT2D eigenvalue weighted by atomic mass is 16.5. The van der Waals surface area contributed by atoms with Crippen LogP contribution in [0.15, 0.2) is 29.3 Å². The summed E-state index contributed by atoms with van der Waals surface area (Å²) in [5, 5.41) is 12.1. The van der Waals surface area contributed by atoms with Gasteiger partial charge in [-0.05, 0) is 51.8 Å². The number of likely N-dealkylation sites (N-methyl/N-ethyl adjacent to an activating group) is 1. The number of H-pyrrole nitrogens is 1. The average molecular weight is 409 g/mol. The first-order valence-corrected chi connectivity index (χ1v) is 10.7. The van der Waals surface area contributed by atoms with Gasteiger partial charge in [-0.3, -0.25) is 9.89 Å². The Bertz CT molecular complexity index is 1050. The molecule has 1 unspecified atom stereocenters. The van der Waals surface area contributed by atoms with Crippen LogP contribution in [0.3, 0.4) is 0 Å². The van der Waals surface area contributed by atoms with Crippen LogP contribution in [0.4, 0.5) is 0 Å². The number of aromatic amines is 1. The van der Waals surface area contributed by atoms with Crippen molar-refractivity contribution in [1.82, 2.24) is 25.3 Å². The van der Waals surface area contributed by atoms with E-state index in [1.54, 1.807) is 0 Å². The van der Waals surface area contributed by atoms with Gasteiger partial charge in [-0.1, -0.05) is 0 Å². The standard InChI is InChI=1S/C22H28N6O2/c1-4-27-9-10-28(13-20(27)29)19-12-18(23-14(2)24-19)21-16-11-15(30-22(3)7-8-22)5-6-17(16)25-26-21/h5-6,11-12,14,23H,4,7-10,13H2,1-3H3,(H,25,26). The summed E-state index contributed by atoms with van der Waals surface area (Å²) in [6.45, 7) is 8.79. The Kier molecular flexibility index (Phi) is 4.45. The van der Waals surface area contributed by atoms with E-state index in [9.17, 15) is 4.79 Å². The Morgan fingerprint density at radius 1 is 1.30 bits per heavy atom. The molecule has 8 nitrogen and oxygen atoms in total. The molecule has 1 aromatic heterocycles. The number of fused-ring (bicyclic) bond motifs is 1. The first-order chi connectivity index (χ1) is 14.4. The van der Waals surface area contributed by atoms with Crippen molar-refractivity contribution in [2.24, 2.45) is 4.99 Å². The third-order valence-electron chi connectivity index (χ3n) is 6.10. The summed E-state index contributed by atoms with van der Waals surface area (Å²) < 4.78 is 6.15. The molecule has 2 fully saturated rings. The van der Waals surface area contributed by atoms with Crippen molar-refractivity contribution in [1.29, 1.82) is 0 Å². The van der Waals surface area contributed by atoms with Crippen LogP contribution in [0.5, 0.6) is 5.75 Å². The smallest absolute Gasteiger partial charge is 0.242 e.